The first-order chi connectivity index (χ1) is 11.2. The number of carbonyl (C=O) groups is 1. The van der Waals surface area contributed by atoms with Crippen molar-refractivity contribution in [2.24, 2.45) is 0 Å². The molecule has 0 saturated heterocycles. The van der Waals surface area contributed by atoms with Crippen molar-refractivity contribution in [3.8, 4) is 0 Å². The molecule has 0 aliphatic rings. The third-order valence-corrected chi connectivity index (χ3v) is 4.66. The summed E-state index contributed by atoms with van der Waals surface area (Å²) in [5.41, 5.74) is -0.100. The van der Waals surface area contributed by atoms with Crippen LogP contribution in [0.4, 0.5) is 0 Å². The van der Waals surface area contributed by atoms with Crippen molar-refractivity contribution in [3.63, 3.8) is 0 Å². The quantitative estimate of drug-likeness (QED) is 0.390. The van der Waals surface area contributed by atoms with E-state index in [1.54, 1.807) is 48.5 Å². The molecule has 0 N–H and O–H groups in total. The van der Waals surface area contributed by atoms with Crippen molar-refractivity contribution in [3.05, 3.63) is 79.8 Å². The number of hydrogen-bond donors (Lipinski definition) is 0. The summed E-state index contributed by atoms with van der Waals surface area (Å²) in [5, 5.41) is 12.6. The maximum Gasteiger partial charge on any atom is 0.223 e. The standard InChI is InChI=1S/C18H17Cl2NO3/c1-18(2,21(23)24)16(12-3-7-14(19)8-4-12)11-17(22)13-5-9-15(20)10-6-13/h3-10,16H,11H2,1-2H3. The lowest BCUT2D eigenvalue weighted by Gasteiger charge is -2.27. The second kappa shape index (κ2) is 7.32. The Kier molecular flexibility index (Phi) is 5.62. The molecule has 24 heavy (non-hydrogen) atoms. The molecule has 0 aliphatic carbocycles. The number of halogens is 2. The van der Waals surface area contributed by atoms with Crippen LogP contribution >= 0.6 is 23.2 Å². The first kappa shape index (κ1) is 18.4. The van der Waals surface area contributed by atoms with Crippen molar-refractivity contribution in [2.75, 3.05) is 0 Å². The number of rotatable bonds is 6. The van der Waals surface area contributed by atoms with E-state index in [4.69, 9.17) is 23.2 Å². The number of hydrogen-bond acceptors (Lipinski definition) is 3. The highest BCUT2D eigenvalue weighted by Crippen LogP contribution is 2.35. The van der Waals surface area contributed by atoms with Gasteiger partial charge < -0.3 is 0 Å². The molecule has 0 fully saturated rings. The zero-order chi connectivity index (χ0) is 17.9. The molecule has 0 aromatic heterocycles. The Morgan fingerprint density at radius 2 is 1.50 bits per heavy atom. The number of benzene rings is 2. The summed E-state index contributed by atoms with van der Waals surface area (Å²) >= 11 is 11.7. The molecule has 4 nitrogen and oxygen atoms in total. The summed E-state index contributed by atoms with van der Waals surface area (Å²) in [4.78, 5) is 23.8. The van der Waals surface area contributed by atoms with Crippen molar-refractivity contribution in [1.29, 1.82) is 0 Å². The van der Waals surface area contributed by atoms with Gasteiger partial charge in [-0.05, 0) is 42.0 Å². The Morgan fingerprint density at radius 1 is 1.04 bits per heavy atom. The highest BCUT2D eigenvalue weighted by atomic mass is 35.5. The topological polar surface area (TPSA) is 60.2 Å². The van der Waals surface area contributed by atoms with Crippen molar-refractivity contribution in [1.82, 2.24) is 0 Å². The van der Waals surface area contributed by atoms with Gasteiger partial charge in [0.1, 0.15) is 0 Å². The van der Waals surface area contributed by atoms with Crippen molar-refractivity contribution >= 4 is 29.0 Å². The van der Waals surface area contributed by atoms with Gasteiger partial charge in [-0.2, -0.15) is 0 Å². The molecule has 6 heteroatoms. The molecule has 0 bridgehead atoms. The predicted octanol–water partition coefficient (Wildman–Crippen LogP) is 5.41. The van der Waals surface area contributed by atoms with Crippen LogP contribution in [0.1, 0.15) is 42.1 Å². The normalized spacial score (nSPS) is 12.7. The predicted molar refractivity (Wildman–Crippen MR) is 95.7 cm³/mol. The van der Waals surface area contributed by atoms with Crippen LogP contribution in [0.5, 0.6) is 0 Å². The number of nitro groups is 1. The lowest BCUT2D eigenvalue weighted by atomic mass is 9.78. The number of carbonyl (C=O) groups excluding carboxylic acids is 1. The summed E-state index contributed by atoms with van der Waals surface area (Å²) in [5.74, 6) is -0.741. The summed E-state index contributed by atoms with van der Waals surface area (Å²) in [6, 6.07) is 13.3. The summed E-state index contributed by atoms with van der Waals surface area (Å²) < 4.78 is 0. The zero-order valence-corrected chi connectivity index (χ0v) is 14.8. The van der Waals surface area contributed by atoms with E-state index in [1.165, 1.54) is 13.8 Å². The minimum atomic E-state index is -1.30. The fourth-order valence-electron chi connectivity index (χ4n) is 2.54. The molecule has 2 aromatic carbocycles. The second-order valence-corrected chi connectivity index (χ2v) is 7.02. The molecule has 1 atom stereocenters. The number of ketones is 1. The smallest absolute Gasteiger partial charge is 0.223 e. The van der Waals surface area contributed by atoms with Gasteiger partial charge in [-0.1, -0.05) is 35.3 Å². The number of Topliss-reactive ketones (excluding diaryl/α,β-unsaturated/α-hetero) is 1. The molecule has 0 radical (unpaired) electrons. The lowest BCUT2D eigenvalue weighted by molar-refractivity contribution is -0.565. The van der Waals surface area contributed by atoms with Gasteiger partial charge in [0.2, 0.25) is 5.54 Å². The molecule has 1 unspecified atom stereocenters. The highest BCUT2D eigenvalue weighted by molar-refractivity contribution is 6.30. The van der Waals surface area contributed by atoms with E-state index in [0.29, 0.717) is 21.2 Å². The Hall–Kier alpha value is -1.91. The summed E-state index contributed by atoms with van der Waals surface area (Å²) in [6.07, 6.45) is 0.0250. The van der Waals surface area contributed by atoms with Gasteiger partial charge in [-0.25, -0.2) is 0 Å². The first-order valence-electron chi connectivity index (χ1n) is 7.40. The molecule has 2 rings (SSSR count). The average Bonchev–Trinajstić information content (AvgIpc) is 2.53. The van der Waals surface area contributed by atoms with Crippen molar-refractivity contribution < 1.29 is 9.72 Å². The molecule has 2 aromatic rings. The van der Waals surface area contributed by atoms with E-state index < -0.39 is 11.5 Å². The minimum absolute atomic E-state index is 0.0250. The lowest BCUT2D eigenvalue weighted by Crippen LogP contribution is -2.39. The second-order valence-electron chi connectivity index (χ2n) is 6.15. The molecule has 0 saturated carbocycles. The maximum atomic E-state index is 12.6. The van der Waals surface area contributed by atoms with Gasteiger partial charge in [0, 0.05) is 40.8 Å². The van der Waals surface area contributed by atoms with E-state index in [1.807, 2.05) is 0 Å². The number of nitrogens with zero attached hydrogens (tertiary/aromatic N) is 1. The van der Waals surface area contributed by atoms with Crippen LogP contribution in [-0.2, 0) is 0 Å². The van der Waals surface area contributed by atoms with E-state index in [9.17, 15) is 14.9 Å². The van der Waals surface area contributed by atoms with Gasteiger partial charge in [-0.3, -0.25) is 14.9 Å². The molecule has 0 amide bonds. The van der Waals surface area contributed by atoms with Crippen LogP contribution in [0.15, 0.2) is 48.5 Å². The SMILES string of the molecule is CC(C)(C(CC(=O)c1ccc(Cl)cc1)c1ccc(Cl)cc1)[N+](=O)[O-]. The van der Waals surface area contributed by atoms with E-state index in [0.717, 1.165) is 0 Å². The van der Waals surface area contributed by atoms with E-state index in [2.05, 4.69) is 0 Å². The highest BCUT2D eigenvalue weighted by Gasteiger charge is 2.42. The Labute approximate surface area is 150 Å². The van der Waals surface area contributed by atoms with Crippen LogP contribution in [0.2, 0.25) is 10.0 Å². The Balaban J connectivity index is 2.35. The van der Waals surface area contributed by atoms with Crippen LogP contribution < -0.4 is 0 Å². The van der Waals surface area contributed by atoms with Gasteiger partial charge in [0.05, 0.1) is 5.92 Å². The van der Waals surface area contributed by atoms with Crippen molar-refractivity contribution in [2.45, 2.75) is 31.7 Å². The Morgan fingerprint density at radius 3 is 1.96 bits per heavy atom. The van der Waals surface area contributed by atoms with Gasteiger partial charge in [0.25, 0.3) is 0 Å². The molecule has 0 spiro atoms. The molecular formula is C18H17Cl2NO3. The molecule has 0 aliphatic heterocycles. The van der Waals surface area contributed by atoms with Crippen LogP contribution in [0.3, 0.4) is 0 Å². The monoisotopic (exact) mass is 365 g/mol. The fourth-order valence-corrected chi connectivity index (χ4v) is 2.79. The van der Waals surface area contributed by atoms with Gasteiger partial charge in [-0.15, -0.1) is 0 Å². The van der Waals surface area contributed by atoms with E-state index in [-0.39, 0.29) is 17.1 Å². The summed E-state index contributed by atoms with van der Waals surface area (Å²) in [6.45, 7) is 3.06. The summed E-state index contributed by atoms with van der Waals surface area (Å²) in [7, 11) is 0. The maximum absolute atomic E-state index is 12.6. The van der Waals surface area contributed by atoms with Crippen LogP contribution in [-0.4, -0.2) is 16.2 Å². The van der Waals surface area contributed by atoms with Crippen LogP contribution in [0, 0.1) is 10.1 Å². The largest absolute Gasteiger partial charge is 0.294 e. The average molecular weight is 366 g/mol. The zero-order valence-electron chi connectivity index (χ0n) is 13.3. The Bertz CT molecular complexity index is 740. The van der Waals surface area contributed by atoms with Gasteiger partial charge >= 0.3 is 0 Å². The van der Waals surface area contributed by atoms with Crippen LogP contribution in [0.25, 0.3) is 0 Å². The minimum Gasteiger partial charge on any atom is -0.294 e. The third-order valence-electron chi connectivity index (χ3n) is 4.15. The van der Waals surface area contributed by atoms with Gasteiger partial charge in [0.15, 0.2) is 5.78 Å². The molecule has 126 valence electrons. The van der Waals surface area contributed by atoms with E-state index >= 15 is 0 Å². The molecule has 0 heterocycles. The fraction of sp³-hybridized carbons (Fsp3) is 0.278. The third kappa shape index (κ3) is 4.13. The first-order valence-corrected chi connectivity index (χ1v) is 8.16. The molecular weight excluding hydrogens is 349 g/mol.